The third-order valence-electron chi connectivity index (χ3n) is 2.57. The van der Waals surface area contributed by atoms with E-state index in [1.807, 2.05) is 0 Å². The van der Waals surface area contributed by atoms with Crippen LogP contribution in [0.4, 0.5) is 30.7 Å². The van der Waals surface area contributed by atoms with Crippen LogP contribution in [0.3, 0.4) is 0 Å². The molecule has 0 saturated heterocycles. The van der Waals surface area contributed by atoms with Crippen molar-refractivity contribution in [1.29, 1.82) is 0 Å². The first-order valence-electron chi connectivity index (χ1n) is 5.20. The van der Waals surface area contributed by atoms with E-state index in [9.17, 15) is 30.7 Å². The fourth-order valence-corrected chi connectivity index (χ4v) is 2.45. The Morgan fingerprint density at radius 3 is 1.95 bits per heavy atom. The maximum Gasteiger partial charge on any atom is 0.402 e. The maximum absolute atomic E-state index is 13.3. The Labute approximate surface area is 128 Å². The fourth-order valence-electron chi connectivity index (χ4n) is 1.63. The van der Waals surface area contributed by atoms with Gasteiger partial charge >= 0.3 is 12.4 Å². The summed E-state index contributed by atoms with van der Waals surface area (Å²) >= 11 is 8.06. The van der Waals surface area contributed by atoms with Gasteiger partial charge in [-0.05, 0) is 22.0 Å². The highest BCUT2D eigenvalue weighted by Gasteiger charge is 2.60. The molecule has 1 aromatic rings. The zero-order chi connectivity index (χ0) is 16.6. The van der Waals surface area contributed by atoms with E-state index in [2.05, 4.69) is 20.7 Å². The van der Waals surface area contributed by atoms with Crippen LogP contribution in [0.25, 0.3) is 0 Å². The number of rotatable bonds is 3. The predicted molar refractivity (Wildman–Crippen MR) is 64.8 cm³/mol. The van der Waals surface area contributed by atoms with Crippen molar-refractivity contribution in [2.75, 3.05) is 7.11 Å². The van der Waals surface area contributed by atoms with Gasteiger partial charge in [0.1, 0.15) is 11.6 Å². The standard InChI is InChI=1S/C11H7BrClF7O/c1-21-7-3-6(14)5(12)2-4(7)8(13)9(10(15,16)17)11(18,19)20/h2-3,8-9H,1H3. The molecule has 1 rings (SSSR count). The fraction of sp³-hybridized carbons (Fsp3) is 0.455. The number of halogens is 9. The minimum absolute atomic E-state index is 0.327. The van der Waals surface area contributed by atoms with Crippen molar-refractivity contribution in [2.24, 2.45) is 5.92 Å². The van der Waals surface area contributed by atoms with Crippen LogP contribution >= 0.6 is 27.5 Å². The minimum atomic E-state index is -5.61. The van der Waals surface area contributed by atoms with Crippen molar-refractivity contribution in [3.05, 3.63) is 28.0 Å². The van der Waals surface area contributed by atoms with Gasteiger partial charge in [-0.25, -0.2) is 4.39 Å². The van der Waals surface area contributed by atoms with Crippen LogP contribution < -0.4 is 4.74 Å². The smallest absolute Gasteiger partial charge is 0.402 e. The van der Waals surface area contributed by atoms with Gasteiger partial charge in [0.15, 0.2) is 5.92 Å². The second-order valence-corrected chi connectivity index (χ2v) is 5.30. The molecule has 0 N–H and O–H groups in total. The number of methoxy groups -OCH3 is 1. The second kappa shape index (κ2) is 6.20. The van der Waals surface area contributed by atoms with Crippen LogP contribution in [0.2, 0.25) is 0 Å². The Kier molecular flexibility index (Phi) is 5.41. The van der Waals surface area contributed by atoms with Crippen molar-refractivity contribution in [3.8, 4) is 5.75 Å². The maximum atomic E-state index is 13.3. The van der Waals surface area contributed by atoms with Crippen molar-refractivity contribution >= 4 is 27.5 Å². The molecule has 0 spiro atoms. The largest absolute Gasteiger partial charge is 0.496 e. The normalized spacial score (nSPS) is 14.4. The first-order chi connectivity index (χ1) is 9.39. The van der Waals surface area contributed by atoms with Gasteiger partial charge in [0.2, 0.25) is 0 Å². The summed E-state index contributed by atoms with van der Waals surface area (Å²) in [5.41, 5.74) is -0.618. The van der Waals surface area contributed by atoms with Crippen molar-refractivity contribution in [2.45, 2.75) is 17.7 Å². The van der Waals surface area contributed by atoms with Crippen LogP contribution in [-0.4, -0.2) is 19.5 Å². The van der Waals surface area contributed by atoms with Gasteiger partial charge < -0.3 is 4.74 Å². The molecule has 1 unspecified atom stereocenters. The molecule has 1 nitrogen and oxygen atoms in total. The van der Waals surface area contributed by atoms with Gasteiger partial charge in [-0.15, -0.1) is 11.6 Å². The molecule has 1 atom stereocenters. The van der Waals surface area contributed by atoms with Gasteiger partial charge in [-0.2, -0.15) is 26.3 Å². The van der Waals surface area contributed by atoms with Crippen molar-refractivity contribution in [1.82, 2.24) is 0 Å². The van der Waals surface area contributed by atoms with Gasteiger partial charge in [-0.1, -0.05) is 0 Å². The molecular formula is C11H7BrClF7O. The monoisotopic (exact) mass is 402 g/mol. The first-order valence-corrected chi connectivity index (χ1v) is 6.43. The summed E-state index contributed by atoms with van der Waals surface area (Å²) < 4.78 is 93.4. The predicted octanol–water partition coefficient (Wildman–Crippen LogP) is 5.62. The Morgan fingerprint density at radius 2 is 1.57 bits per heavy atom. The highest BCUT2D eigenvalue weighted by atomic mass is 79.9. The van der Waals surface area contributed by atoms with E-state index in [-0.39, 0.29) is 4.47 Å². The molecule has 1 aromatic carbocycles. The Bertz CT molecular complexity index is 501. The molecule has 0 radical (unpaired) electrons. The number of ether oxygens (including phenoxy) is 1. The summed E-state index contributed by atoms with van der Waals surface area (Å²) in [4.78, 5) is 0. The van der Waals surface area contributed by atoms with E-state index in [1.165, 1.54) is 0 Å². The minimum Gasteiger partial charge on any atom is -0.496 e. The summed E-state index contributed by atoms with van der Waals surface area (Å²) in [7, 11) is 0.978. The van der Waals surface area contributed by atoms with Crippen LogP contribution in [0.1, 0.15) is 10.9 Å². The molecule has 10 heteroatoms. The highest BCUT2D eigenvalue weighted by Crippen LogP contribution is 2.51. The molecule has 0 aliphatic carbocycles. The van der Waals surface area contributed by atoms with Gasteiger partial charge in [0, 0.05) is 11.6 Å². The van der Waals surface area contributed by atoms with Gasteiger partial charge in [0.05, 0.1) is 17.0 Å². The molecule has 0 amide bonds. The number of hydrogen-bond donors (Lipinski definition) is 0. The highest BCUT2D eigenvalue weighted by molar-refractivity contribution is 9.10. The van der Waals surface area contributed by atoms with E-state index < -0.39 is 40.8 Å². The molecule has 120 valence electrons. The molecule has 0 heterocycles. The summed E-state index contributed by atoms with van der Waals surface area (Å²) in [6.07, 6.45) is -11.2. The molecule has 0 bridgehead atoms. The number of alkyl halides is 7. The summed E-state index contributed by atoms with van der Waals surface area (Å²) in [5.74, 6) is -5.22. The molecule has 0 fully saturated rings. The van der Waals surface area contributed by atoms with E-state index in [0.717, 1.165) is 13.2 Å². The summed E-state index contributed by atoms with van der Waals surface area (Å²) in [6, 6.07) is 1.38. The average Bonchev–Trinajstić information content (AvgIpc) is 2.28. The Balaban J connectivity index is 3.40. The van der Waals surface area contributed by atoms with E-state index in [0.29, 0.717) is 6.07 Å². The average molecular weight is 404 g/mol. The Hall–Kier alpha value is -0.700. The third-order valence-corrected chi connectivity index (χ3v) is 3.66. The lowest BCUT2D eigenvalue weighted by molar-refractivity contribution is -0.284. The van der Waals surface area contributed by atoms with Crippen LogP contribution in [0.15, 0.2) is 16.6 Å². The first kappa shape index (κ1) is 18.3. The van der Waals surface area contributed by atoms with Crippen LogP contribution in [0, 0.1) is 11.7 Å². The topological polar surface area (TPSA) is 9.23 Å². The van der Waals surface area contributed by atoms with Crippen LogP contribution in [0.5, 0.6) is 5.75 Å². The van der Waals surface area contributed by atoms with Crippen LogP contribution in [-0.2, 0) is 0 Å². The quantitative estimate of drug-likeness (QED) is 0.470. The Morgan fingerprint density at radius 1 is 1.10 bits per heavy atom. The van der Waals surface area contributed by atoms with Gasteiger partial charge in [-0.3, -0.25) is 0 Å². The molecular weight excluding hydrogens is 396 g/mol. The molecule has 0 saturated carbocycles. The van der Waals surface area contributed by atoms with E-state index in [1.54, 1.807) is 0 Å². The van der Waals surface area contributed by atoms with Gasteiger partial charge in [0.25, 0.3) is 0 Å². The summed E-state index contributed by atoms with van der Waals surface area (Å²) in [5, 5.41) is -2.52. The number of hydrogen-bond acceptors (Lipinski definition) is 1. The van der Waals surface area contributed by atoms with Crippen molar-refractivity contribution in [3.63, 3.8) is 0 Å². The van der Waals surface area contributed by atoms with Crippen molar-refractivity contribution < 1.29 is 35.5 Å². The number of benzene rings is 1. The lowest BCUT2D eigenvalue weighted by atomic mass is 9.96. The lowest BCUT2D eigenvalue weighted by Crippen LogP contribution is -2.39. The second-order valence-electron chi connectivity index (χ2n) is 3.97. The molecule has 21 heavy (non-hydrogen) atoms. The zero-order valence-corrected chi connectivity index (χ0v) is 12.5. The SMILES string of the molecule is COc1cc(F)c(Br)cc1C(Cl)C(C(F)(F)F)C(F)(F)F. The molecule has 0 aliphatic heterocycles. The molecule has 0 aliphatic rings. The molecule has 0 aromatic heterocycles. The zero-order valence-electron chi connectivity index (χ0n) is 10.1. The summed E-state index contributed by atoms with van der Waals surface area (Å²) in [6.45, 7) is 0. The van der Waals surface area contributed by atoms with E-state index in [4.69, 9.17) is 11.6 Å². The van der Waals surface area contributed by atoms with E-state index >= 15 is 0 Å². The lowest BCUT2D eigenvalue weighted by Gasteiger charge is -2.28. The third kappa shape index (κ3) is 4.15.